The van der Waals surface area contributed by atoms with Crippen molar-refractivity contribution < 1.29 is 24.2 Å². The van der Waals surface area contributed by atoms with E-state index in [-0.39, 0.29) is 24.3 Å². The van der Waals surface area contributed by atoms with Gasteiger partial charge in [-0.15, -0.1) is 0 Å². The second-order valence-corrected chi connectivity index (χ2v) is 12.8. The molecule has 8 rings (SSSR count). The van der Waals surface area contributed by atoms with Gasteiger partial charge in [0.1, 0.15) is 12.1 Å². The lowest BCUT2D eigenvalue weighted by Gasteiger charge is -2.48. The Morgan fingerprint density at radius 3 is 2.79 bits per heavy atom. The van der Waals surface area contributed by atoms with Gasteiger partial charge in [-0.1, -0.05) is 48.5 Å². The van der Waals surface area contributed by atoms with Gasteiger partial charge in [0.05, 0.1) is 5.92 Å². The van der Waals surface area contributed by atoms with E-state index in [1.165, 1.54) is 22.8 Å². The van der Waals surface area contributed by atoms with Crippen LogP contribution < -0.4 is 5.32 Å². The summed E-state index contributed by atoms with van der Waals surface area (Å²) in [5.74, 6) is -3.77. The first-order chi connectivity index (χ1) is 20.7. The third kappa shape index (κ3) is 3.79. The number of likely N-dealkylation sites (N-methyl/N-ethyl adjacent to an activating group) is 1. The summed E-state index contributed by atoms with van der Waals surface area (Å²) in [4.78, 5) is 50.2. The number of aliphatic hydroxyl groups is 1. The predicted molar refractivity (Wildman–Crippen MR) is 158 cm³/mol. The number of carbonyl (C=O) groups excluding carboxylic acids is 3. The average Bonchev–Trinajstić information content (AvgIpc) is 3.70. The van der Waals surface area contributed by atoms with Crippen LogP contribution in [0.5, 0.6) is 0 Å². The number of aromatic nitrogens is 1. The number of nitrogens with one attached hydrogen (secondary N) is 2. The highest BCUT2D eigenvalue weighted by atomic mass is 16.7. The van der Waals surface area contributed by atoms with Gasteiger partial charge in [-0.05, 0) is 61.6 Å². The fourth-order valence-electron chi connectivity index (χ4n) is 8.12. The Kier molecular flexibility index (Phi) is 5.73. The molecule has 3 fully saturated rings. The standard InChI is InChI=1S/C33H35N5O5/c1-32(35-29(39)21-15-23-22-10-6-11-24-28(22)20(17-34-24)16-25(23)36(2)18-21)31(41)38-26(14-19-8-4-3-5-9-19)30(40)37-13-7-12-27(37)33(38,42)43-32/h3-6,8-11,15,17,21,25-27,34,42H,7,12-14,16,18H2,1-2H3,(H,35,39)/t21-,25-,26+,27+,32-,33-/m0/s1. The lowest BCUT2D eigenvalue weighted by atomic mass is 9.79. The van der Waals surface area contributed by atoms with Gasteiger partial charge in [0.15, 0.2) is 0 Å². The van der Waals surface area contributed by atoms with Gasteiger partial charge in [-0.3, -0.25) is 28.9 Å². The summed E-state index contributed by atoms with van der Waals surface area (Å²) in [6, 6.07) is 14.1. The first-order valence-corrected chi connectivity index (χ1v) is 15.1. The number of ether oxygens (including phenoxy) is 1. The Balaban J connectivity index is 1.11. The monoisotopic (exact) mass is 581 g/mol. The van der Waals surface area contributed by atoms with E-state index in [2.05, 4.69) is 33.5 Å². The normalized spacial score (nSPS) is 33.3. The molecule has 0 bridgehead atoms. The van der Waals surface area contributed by atoms with Crippen LogP contribution in [-0.2, 0) is 32.0 Å². The zero-order valence-electron chi connectivity index (χ0n) is 24.2. The molecular weight excluding hydrogens is 546 g/mol. The number of piperazine rings is 1. The number of nitrogens with zero attached hydrogens (tertiary/aromatic N) is 3. The van der Waals surface area contributed by atoms with Crippen LogP contribution in [0.15, 0.2) is 60.8 Å². The van der Waals surface area contributed by atoms with Gasteiger partial charge < -0.3 is 20.3 Å². The minimum absolute atomic E-state index is 0.144. The fourth-order valence-corrected chi connectivity index (χ4v) is 8.12. The highest BCUT2D eigenvalue weighted by Gasteiger charge is 2.70. The molecule has 5 aliphatic rings. The first-order valence-electron chi connectivity index (χ1n) is 15.1. The molecule has 0 unspecified atom stereocenters. The molecule has 10 heteroatoms. The minimum Gasteiger partial charge on any atom is -0.361 e. The topological polar surface area (TPSA) is 118 Å². The van der Waals surface area contributed by atoms with E-state index in [1.807, 2.05) is 49.5 Å². The maximum Gasteiger partial charge on any atom is 0.280 e. The van der Waals surface area contributed by atoms with E-state index in [4.69, 9.17) is 4.74 Å². The molecule has 5 heterocycles. The van der Waals surface area contributed by atoms with Crippen LogP contribution in [0.4, 0.5) is 0 Å². The van der Waals surface area contributed by atoms with Gasteiger partial charge in [-0.25, -0.2) is 0 Å². The Morgan fingerprint density at radius 1 is 1.16 bits per heavy atom. The molecule has 43 heavy (non-hydrogen) atoms. The molecule has 222 valence electrons. The van der Waals surface area contributed by atoms with E-state index >= 15 is 0 Å². The molecule has 0 saturated carbocycles. The lowest BCUT2D eigenvalue weighted by molar-refractivity contribution is -0.315. The van der Waals surface area contributed by atoms with E-state index < -0.39 is 35.5 Å². The molecule has 2 aromatic carbocycles. The quantitative estimate of drug-likeness (QED) is 0.434. The van der Waals surface area contributed by atoms with E-state index in [1.54, 1.807) is 4.90 Å². The second kappa shape index (κ2) is 9.25. The van der Waals surface area contributed by atoms with Crippen molar-refractivity contribution in [2.45, 2.75) is 62.4 Å². The molecule has 1 aliphatic carbocycles. The van der Waals surface area contributed by atoms with Crippen LogP contribution in [0.1, 0.15) is 36.5 Å². The Morgan fingerprint density at radius 2 is 1.98 bits per heavy atom. The predicted octanol–water partition coefficient (Wildman–Crippen LogP) is 1.99. The highest BCUT2D eigenvalue weighted by molar-refractivity contribution is 6.00. The van der Waals surface area contributed by atoms with Crippen molar-refractivity contribution in [1.82, 2.24) is 25.0 Å². The Hall–Kier alpha value is -3.99. The number of fused-ring (bicyclic) bond motifs is 5. The molecule has 0 spiro atoms. The highest BCUT2D eigenvalue weighted by Crippen LogP contribution is 2.46. The fraction of sp³-hybridized carbons (Fsp3) is 0.424. The maximum atomic E-state index is 14.2. The molecule has 3 saturated heterocycles. The van der Waals surface area contributed by atoms with E-state index in [9.17, 15) is 19.5 Å². The van der Waals surface area contributed by atoms with Crippen molar-refractivity contribution in [1.29, 1.82) is 0 Å². The van der Waals surface area contributed by atoms with Crippen molar-refractivity contribution >= 4 is 34.2 Å². The van der Waals surface area contributed by atoms with Gasteiger partial charge in [0.25, 0.3) is 11.8 Å². The van der Waals surface area contributed by atoms with E-state index in [0.717, 1.165) is 28.6 Å². The molecule has 3 aromatic rings. The summed E-state index contributed by atoms with van der Waals surface area (Å²) >= 11 is 0. The number of hydrogen-bond acceptors (Lipinski definition) is 6. The Labute approximate surface area is 249 Å². The Bertz CT molecular complexity index is 1700. The number of amides is 3. The third-order valence-corrected chi connectivity index (χ3v) is 10.1. The second-order valence-electron chi connectivity index (χ2n) is 12.8. The number of carbonyl (C=O) groups is 3. The molecule has 3 amide bonds. The molecular formula is C33H35N5O5. The summed E-state index contributed by atoms with van der Waals surface area (Å²) < 4.78 is 6.23. The third-order valence-electron chi connectivity index (χ3n) is 10.1. The molecule has 10 nitrogen and oxygen atoms in total. The van der Waals surface area contributed by atoms with Crippen LogP contribution >= 0.6 is 0 Å². The summed E-state index contributed by atoms with van der Waals surface area (Å²) in [6.45, 7) is 2.45. The first kappa shape index (κ1) is 26.6. The molecule has 3 N–H and O–H groups in total. The average molecular weight is 582 g/mol. The number of benzene rings is 2. The van der Waals surface area contributed by atoms with Crippen molar-refractivity contribution in [3.8, 4) is 0 Å². The number of rotatable bonds is 4. The SMILES string of the molecule is CN1C[C@@H](C(=O)N[C@@]2(C)O[C@@]3(O)[C@H]4CCCN4C(=O)[C@@H](Cc4ccccc4)N3C2=O)C=C2c3cccc4[nH]cc(c34)C[C@@H]21. The largest absolute Gasteiger partial charge is 0.361 e. The van der Waals surface area contributed by atoms with Crippen molar-refractivity contribution in [3.05, 3.63) is 77.5 Å². The zero-order valence-corrected chi connectivity index (χ0v) is 24.2. The number of H-pyrrole nitrogens is 1. The van der Waals surface area contributed by atoms with Crippen LogP contribution in [0, 0.1) is 5.92 Å². The van der Waals surface area contributed by atoms with Crippen molar-refractivity contribution in [2.75, 3.05) is 20.1 Å². The van der Waals surface area contributed by atoms with Gasteiger partial charge in [0.2, 0.25) is 17.5 Å². The maximum absolute atomic E-state index is 14.2. The van der Waals surface area contributed by atoms with Crippen LogP contribution in [0.3, 0.4) is 0 Å². The molecule has 6 atom stereocenters. The van der Waals surface area contributed by atoms with Gasteiger partial charge in [0, 0.05) is 42.7 Å². The molecule has 0 radical (unpaired) electrons. The minimum atomic E-state index is -2.04. The molecule has 4 aliphatic heterocycles. The van der Waals surface area contributed by atoms with Crippen LogP contribution in [-0.4, -0.2) is 92.4 Å². The van der Waals surface area contributed by atoms with Crippen molar-refractivity contribution in [3.63, 3.8) is 0 Å². The van der Waals surface area contributed by atoms with Crippen LogP contribution in [0.25, 0.3) is 16.5 Å². The number of hydrogen-bond donors (Lipinski definition) is 3. The summed E-state index contributed by atoms with van der Waals surface area (Å²) in [6.07, 6.45) is 6.38. The zero-order chi connectivity index (χ0) is 29.7. The van der Waals surface area contributed by atoms with Gasteiger partial charge >= 0.3 is 0 Å². The van der Waals surface area contributed by atoms with Gasteiger partial charge in [-0.2, -0.15) is 0 Å². The summed E-state index contributed by atoms with van der Waals surface area (Å²) in [5.41, 5.74) is 3.58. The summed E-state index contributed by atoms with van der Waals surface area (Å²) in [7, 11) is 2.02. The lowest BCUT2D eigenvalue weighted by Crippen LogP contribution is -2.71. The smallest absolute Gasteiger partial charge is 0.280 e. The molecule has 1 aromatic heterocycles. The summed E-state index contributed by atoms with van der Waals surface area (Å²) in [5, 5.41) is 16.1. The number of aromatic amines is 1. The van der Waals surface area contributed by atoms with E-state index in [0.29, 0.717) is 25.9 Å². The van der Waals surface area contributed by atoms with Crippen LogP contribution in [0.2, 0.25) is 0 Å². The van der Waals surface area contributed by atoms with Crippen molar-refractivity contribution in [2.24, 2.45) is 5.92 Å².